The van der Waals surface area contributed by atoms with Crippen LogP contribution in [0.4, 0.5) is 11.4 Å². The summed E-state index contributed by atoms with van der Waals surface area (Å²) in [6.07, 6.45) is 2.46. The molecule has 0 atom stereocenters. The molecule has 0 spiro atoms. The number of hydrogen-bond acceptors (Lipinski definition) is 4. The van der Waals surface area contributed by atoms with E-state index in [0.29, 0.717) is 11.6 Å². The maximum Gasteiger partial charge on any atom is 0.242 e. The Morgan fingerprint density at radius 1 is 1.40 bits per heavy atom. The third kappa shape index (κ3) is 3.24. The fraction of sp³-hybridized carbons (Fsp3) is 0.571. The van der Waals surface area contributed by atoms with E-state index in [1.807, 2.05) is 6.07 Å². The van der Waals surface area contributed by atoms with Gasteiger partial charge in [0, 0.05) is 18.3 Å². The van der Waals surface area contributed by atoms with Crippen LogP contribution in [0.5, 0.6) is 0 Å². The summed E-state index contributed by atoms with van der Waals surface area (Å²) in [7, 11) is -2.10. The van der Waals surface area contributed by atoms with Gasteiger partial charge < -0.3 is 10.6 Å². The van der Waals surface area contributed by atoms with Crippen molar-refractivity contribution in [1.29, 1.82) is 0 Å². The molecule has 112 valence electrons. The van der Waals surface area contributed by atoms with Gasteiger partial charge in [0.1, 0.15) is 4.90 Å². The lowest BCUT2D eigenvalue weighted by atomic mass is 10.2. The molecule has 3 N–H and O–H groups in total. The van der Waals surface area contributed by atoms with E-state index in [1.54, 1.807) is 6.07 Å². The van der Waals surface area contributed by atoms with Gasteiger partial charge in [-0.05, 0) is 57.9 Å². The maximum absolute atomic E-state index is 12.2. The molecule has 1 aliphatic carbocycles. The van der Waals surface area contributed by atoms with Crippen LogP contribution in [-0.4, -0.2) is 28.1 Å². The molecule has 0 aromatic heterocycles. The van der Waals surface area contributed by atoms with Gasteiger partial charge in [0.05, 0.1) is 5.69 Å². The third-order valence-electron chi connectivity index (χ3n) is 3.63. The van der Waals surface area contributed by atoms with Crippen LogP contribution >= 0.6 is 0 Å². The Kier molecular flexibility index (Phi) is 4.25. The summed E-state index contributed by atoms with van der Waals surface area (Å²) in [6, 6.07) is 5.34. The number of nitrogens with two attached hydrogens (primary N) is 1. The number of anilines is 2. The van der Waals surface area contributed by atoms with Crippen molar-refractivity contribution < 1.29 is 8.42 Å². The van der Waals surface area contributed by atoms with Crippen LogP contribution in [0.15, 0.2) is 23.1 Å². The molecule has 0 bridgehead atoms. The number of nitrogen functional groups attached to an aromatic ring is 1. The predicted molar refractivity (Wildman–Crippen MR) is 82.3 cm³/mol. The van der Waals surface area contributed by atoms with Crippen molar-refractivity contribution in [1.82, 2.24) is 4.72 Å². The first-order chi connectivity index (χ1) is 9.35. The van der Waals surface area contributed by atoms with Crippen LogP contribution in [0.25, 0.3) is 0 Å². The first-order valence-electron chi connectivity index (χ1n) is 6.95. The van der Waals surface area contributed by atoms with Crippen LogP contribution < -0.4 is 15.4 Å². The van der Waals surface area contributed by atoms with Crippen molar-refractivity contribution in [2.45, 2.75) is 37.6 Å². The summed E-state index contributed by atoms with van der Waals surface area (Å²) in [5, 5.41) is 0. The average molecular weight is 297 g/mol. The number of benzene rings is 1. The molecule has 2 rings (SSSR count). The van der Waals surface area contributed by atoms with E-state index in [-0.39, 0.29) is 10.9 Å². The van der Waals surface area contributed by atoms with E-state index in [9.17, 15) is 8.42 Å². The molecule has 0 radical (unpaired) electrons. The number of nitrogens with one attached hydrogen (secondary N) is 1. The molecule has 1 aromatic carbocycles. The van der Waals surface area contributed by atoms with Crippen molar-refractivity contribution in [2.24, 2.45) is 5.92 Å². The van der Waals surface area contributed by atoms with Crippen molar-refractivity contribution in [3.8, 4) is 0 Å². The molecule has 1 aromatic rings. The first kappa shape index (κ1) is 15.1. The molecule has 1 saturated carbocycles. The predicted octanol–water partition coefficient (Wildman–Crippen LogP) is 1.80. The van der Waals surface area contributed by atoms with Gasteiger partial charge in [-0.2, -0.15) is 0 Å². The van der Waals surface area contributed by atoms with E-state index in [1.165, 1.54) is 26.0 Å². The Hall–Kier alpha value is -1.27. The number of hydrogen-bond donors (Lipinski definition) is 2. The molecule has 0 unspecified atom stereocenters. The topological polar surface area (TPSA) is 75.4 Å². The van der Waals surface area contributed by atoms with Crippen LogP contribution in [0.3, 0.4) is 0 Å². The van der Waals surface area contributed by atoms with E-state index in [2.05, 4.69) is 23.5 Å². The summed E-state index contributed by atoms with van der Waals surface area (Å²) in [5.41, 5.74) is 6.95. The highest BCUT2D eigenvalue weighted by molar-refractivity contribution is 7.89. The highest BCUT2D eigenvalue weighted by Gasteiger charge is 2.28. The molecule has 1 fully saturated rings. The Morgan fingerprint density at radius 3 is 2.55 bits per heavy atom. The van der Waals surface area contributed by atoms with Gasteiger partial charge in [-0.3, -0.25) is 0 Å². The zero-order valence-electron chi connectivity index (χ0n) is 12.3. The average Bonchev–Trinajstić information content (AvgIpc) is 3.20. The fourth-order valence-electron chi connectivity index (χ4n) is 2.26. The van der Waals surface area contributed by atoms with Crippen molar-refractivity contribution in [3.63, 3.8) is 0 Å². The maximum atomic E-state index is 12.2. The monoisotopic (exact) mass is 297 g/mol. The van der Waals surface area contributed by atoms with Crippen LogP contribution in [0.1, 0.15) is 26.7 Å². The summed E-state index contributed by atoms with van der Waals surface area (Å²) in [6.45, 7) is 5.05. The third-order valence-corrected chi connectivity index (χ3v) is 5.07. The lowest BCUT2D eigenvalue weighted by Crippen LogP contribution is -2.34. The Labute approximate surface area is 121 Å². The molecule has 0 amide bonds. The van der Waals surface area contributed by atoms with Gasteiger partial charge >= 0.3 is 0 Å². The van der Waals surface area contributed by atoms with Crippen LogP contribution in [-0.2, 0) is 10.0 Å². The van der Waals surface area contributed by atoms with Crippen molar-refractivity contribution >= 4 is 21.4 Å². The van der Waals surface area contributed by atoms with Gasteiger partial charge in [0.2, 0.25) is 10.0 Å². The Bertz CT molecular complexity index is 580. The molecule has 6 heteroatoms. The summed E-state index contributed by atoms with van der Waals surface area (Å²) < 4.78 is 26.8. The molecule has 5 nitrogen and oxygen atoms in total. The molecule has 1 aliphatic rings. The highest BCUT2D eigenvalue weighted by atomic mass is 32.2. The second-order valence-corrected chi connectivity index (χ2v) is 7.48. The SMILES string of the molecule is CNS(=O)(=O)c1cc(N)ccc1N(CC1CC1)C(C)C. The molecular formula is C14H23N3O2S. The summed E-state index contributed by atoms with van der Waals surface area (Å²) in [5.74, 6) is 0.681. The van der Waals surface area contributed by atoms with Gasteiger partial charge in [0.25, 0.3) is 0 Å². The van der Waals surface area contributed by atoms with Crippen molar-refractivity contribution in [3.05, 3.63) is 18.2 Å². The zero-order chi connectivity index (χ0) is 14.9. The first-order valence-corrected chi connectivity index (χ1v) is 8.43. The molecule has 0 saturated heterocycles. The van der Waals surface area contributed by atoms with E-state index < -0.39 is 10.0 Å². The largest absolute Gasteiger partial charge is 0.399 e. The van der Waals surface area contributed by atoms with Gasteiger partial charge in [-0.25, -0.2) is 13.1 Å². The van der Waals surface area contributed by atoms with Crippen molar-refractivity contribution in [2.75, 3.05) is 24.2 Å². The zero-order valence-corrected chi connectivity index (χ0v) is 13.1. The second-order valence-electron chi connectivity index (χ2n) is 5.62. The Morgan fingerprint density at radius 2 is 2.05 bits per heavy atom. The fourth-order valence-corrected chi connectivity index (χ4v) is 3.23. The minimum absolute atomic E-state index is 0.241. The summed E-state index contributed by atoms with van der Waals surface area (Å²) in [4.78, 5) is 2.41. The number of rotatable bonds is 6. The van der Waals surface area contributed by atoms with E-state index in [4.69, 9.17) is 5.73 Å². The molecular weight excluding hydrogens is 274 g/mol. The standard InChI is InChI=1S/C14H23N3O2S/c1-10(2)17(9-11-4-5-11)13-7-6-12(15)8-14(13)20(18,19)16-3/h6-8,10-11,16H,4-5,9,15H2,1-3H3. The summed E-state index contributed by atoms with van der Waals surface area (Å²) >= 11 is 0. The molecule has 20 heavy (non-hydrogen) atoms. The number of sulfonamides is 1. The van der Waals surface area contributed by atoms with Gasteiger partial charge in [0.15, 0.2) is 0 Å². The smallest absolute Gasteiger partial charge is 0.242 e. The highest BCUT2D eigenvalue weighted by Crippen LogP contribution is 2.35. The second kappa shape index (κ2) is 5.61. The van der Waals surface area contributed by atoms with Crippen LogP contribution in [0.2, 0.25) is 0 Å². The van der Waals surface area contributed by atoms with E-state index in [0.717, 1.165) is 12.2 Å². The minimum atomic E-state index is -3.52. The Balaban J connectivity index is 2.47. The minimum Gasteiger partial charge on any atom is -0.399 e. The number of nitrogens with zero attached hydrogens (tertiary/aromatic N) is 1. The van der Waals surface area contributed by atoms with Crippen LogP contribution in [0, 0.1) is 5.92 Å². The normalized spacial score (nSPS) is 15.6. The lowest BCUT2D eigenvalue weighted by Gasteiger charge is -2.31. The lowest BCUT2D eigenvalue weighted by molar-refractivity contribution is 0.585. The van der Waals surface area contributed by atoms with Gasteiger partial charge in [-0.1, -0.05) is 0 Å². The molecule has 0 heterocycles. The molecule has 0 aliphatic heterocycles. The van der Waals surface area contributed by atoms with Gasteiger partial charge in [-0.15, -0.1) is 0 Å². The quantitative estimate of drug-likeness (QED) is 0.785. The van der Waals surface area contributed by atoms with E-state index >= 15 is 0 Å².